The average Bonchev–Trinajstić information content (AvgIpc) is 2.68. The monoisotopic (exact) mass is 349 g/mol. The van der Waals surface area contributed by atoms with Crippen molar-refractivity contribution in [3.05, 3.63) is 83.4 Å². The Balaban J connectivity index is 1.78. The highest BCUT2D eigenvalue weighted by Crippen LogP contribution is 2.24. The number of aryl methyl sites for hydroxylation is 2. The number of nitrogens with zero attached hydrogens (tertiary/aromatic N) is 3. The Morgan fingerprint density at radius 2 is 1.67 bits per heavy atom. The first-order valence-corrected chi connectivity index (χ1v) is 9.55. The summed E-state index contributed by atoms with van der Waals surface area (Å²) < 4.78 is 4.68. The largest absolute Gasteiger partial charge is 0.407 e. The molecule has 128 valence electrons. The average molecular weight is 349 g/mol. The molecule has 3 aromatic heterocycles. The van der Waals surface area contributed by atoms with Gasteiger partial charge in [0.15, 0.2) is 23.6 Å². The maximum absolute atomic E-state index is 4.59. The van der Waals surface area contributed by atoms with Crippen LogP contribution in [0.2, 0.25) is 0 Å². The van der Waals surface area contributed by atoms with Gasteiger partial charge in [-0.2, -0.15) is 0 Å². The molecular formula is C23H20BN3+2. The van der Waals surface area contributed by atoms with Crippen LogP contribution in [0.3, 0.4) is 0 Å². The Labute approximate surface area is 159 Å². The summed E-state index contributed by atoms with van der Waals surface area (Å²) in [5.74, 6) is 0. The van der Waals surface area contributed by atoms with E-state index >= 15 is 0 Å². The lowest BCUT2D eigenvalue weighted by Gasteiger charge is -2.29. The molecule has 0 fully saturated rings. The zero-order valence-corrected chi connectivity index (χ0v) is 15.6. The summed E-state index contributed by atoms with van der Waals surface area (Å²) in [5, 5.41) is 2.67. The molecule has 0 saturated heterocycles. The molecule has 1 aromatic carbocycles. The molecule has 6 rings (SSSR count). The predicted molar refractivity (Wildman–Crippen MR) is 107 cm³/mol. The van der Waals surface area contributed by atoms with Gasteiger partial charge in [-0.15, -0.1) is 0 Å². The molecule has 0 unspecified atom stereocenters. The van der Waals surface area contributed by atoms with Crippen LogP contribution in [-0.4, -0.2) is 11.7 Å². The summed E-state index contributed by atoms with van der Waals surface area (Å²) in [6.07, 6.45) is 10.6. The molecule has 3 nitrogen and oxygen atoms in total. The van der Waals surface area contributed by atoms with Crippen LogP contribution < -0.4 is 25.8 Å². The quantitative estimate of drug-likeness (QED) is 0.284. The van der Waals surface area contributed by atoms with E-state index in [9.17, 15) is 0 Å². The second-order valence-corrected chi connectivity index (χ2v) is 7.88. The van der Waals surface area contributed by atoms with E-state index < -0.39 is 0 Å². The number of hydrogen-bond acceptors (Lipinski definition) is 1. The first-order chi connectivity index (χ1) is 13.2. The Morgan fingerprint density at radius 1 is 0.852 bits per heavy atom. The van der Waals surface area contributed by atoms with Crippen molar-refractivity contribution in [1.29, 1.82) is 0 Å². The zero-order valence-electron chi connectivity index (χ0n) is 15.6. The van der Waals surface area contributed by atoms with Crippen LogP contribution >= 0.6 is 0 Å². The third-order valence-electron chi connectivity index (χ3n) is 6.36. The minimum Gasteiger partial charge on any atom is -0.264 e. The third-order valence-corrected chi connectivity index (χ3v) is 6.36. The van der Waals surface area contributed by atoms with Gasteiger partial charge in [0.25, 0.3) is 0 Å². The lowest BCUT2D eigenvalue weighted by molar-refractivity contribution is -0.658. The molecule has 0 bridgehead atoms. The fourth-order valence-corrected chi connectivity index (χ4v) is 5.31. The molecule has 27 heavy (non-hydrogen) atoms. The van der Waals surface area contributed by atoms with Crippen molar-refractivity contribution >= 4 is 34.1 Å². The first kappa shape index (κ1) is 15.1. The first-order valence-electron chi connectivity index (χ1n) is 9.55. The lowest BCUT2D eigenvalue weighted by atomic mass is 9.33. The van der Waals surface area contributed by atoms with Crippen molar-refractivity contribution in [2.24, 2.45) is 14.1 Å². The van der Waals surface area contributed by atoms with E-state index in [1.165, 1.54) is 49.7 Å². The van der Waals surface area contributed by atoms with Crippen molar-refractivity contribution < 1.29 is 9.13 Å². The predicted octanol–water partition coefficient (Wildman–Crippen LogP) is 0.208. The summed E-state index contributed by atoms with van der Waals surface area (Å²) in [6.45, 7) is 0.270. The van der Waals surface area contributed by atoms with Crippen LogP contribution in [0.1, 0.15) is 22.3 Å². The molecule has 2 aliphatic rings. The second kappa shape index (κ2) is 5.26. The minimum atomic E-state index is 0.270. The van der Waals surface area contributed by atoms with E-state index in [2.05, 4.69) is 89.4 Å². The highest BCUT2D eigenvalue weighted by atomic mass is 14.9. The van der Waals surface area contributed by atoms with Crippen molar-refractivity contribution in [2.75, 3.05) is 0 Å². The molecule has 0 spiro atoms. The van der Waals surface area contributed by atoms with Crippen LogP contribution in [0.25, 0.3) is 10.8 Å². The van der Waals surface area contributed by atoms with E-state index in [4.69, 9.17) is 0 Å². The highest BCUT2D eigenvalue weighted by Gasteiger charge is 2.48. The molecule has 5 heterocycles. The number of rotatable bonds is 0. The van der Waals surface area contributed by atoms with Crippen LogP contribution in [0.5, 0.6) is 0 Å². The number of benzene rings is 1. The molecule has 0 N–H and O–H groups in total. The molecule has 0 atom stereocenters. The number of pyridine rings is 3. The molecule has 0 saturated carbocycles. The molecule has 4 aromatic rings. The fraction of sp³-hybridized carbons (Fsp3) is 0.174. The Morgan fingerprint density at radius 3 is 2.56 bits per heavy atom. The molecule has 0 radical (unpaired) electrons. The standard InChI is InChI=1S/C23H20BN3/c1-26-9-5-7-15-10-17-12-25-13-18-11-20-19-8-4-3-6-16(19)14-27(2)23(20)24(21(17)18)22(15)26/h3-9,12-14H,10-11H2,1-2H3/q+2. The molecule has 4 heteroatoms. The normalized spacial score (nSPS) is 13.9. The minimum absolute atomic E-state index is 0.270. The smallest absolute Gasteiger partial charge is 0.264 e. The molecular weight excluding hydrogens is 329 g/mol. The SMILES string of the molecule is C[n+]1cccc2c1B1c3c(cncc3Cc3c1[n+](C)cc1ccccc31)C2. The van der Waals surface area contributed by atoms with Crippen molar-refractivity contribution in [3.8, 4) is 0 Å². The summed E-state index contributed by atoms with van der Waals surface area (Å²) in [4.78, 5) is 4.59. The van der Waals surface area contributed by atoms with Crippen LogP contribution in [0, 0.1) is 0 Å². The maximum Gasteiger partial charge on any atom is 0.407 e. The van der Waals surface area contributed by atoms with Crippen LogP contribution in [0.15, 0.2) is 61.2 Å². The van der Waals surface area contributed by atoms with Gasteiger partial charge < -0.3 is 0 Å². The number of hydrogen-bond donors (Lipinski definition) is 0. The molecule has 0 aliphatic carbocycles. The number of aromatic nitrogens is 3. The Kier molecular flexibility index (Phi) is 2.94. The number of fused-ring (bicyclic) bond motifs is 6. The lowest BCUT2D eigenvalue weighted by Crippen LogP contribution is -2.75. The second-order valence-electron chi connectivity index (χ2n) is 7.88. The van der Waals surface area contributed by atoms with Crippen molar-refractivity contribution in [3.63, 3.8) is 0 Å². The molecule has 0 amide bonds. The Hall–Kier alpha value is -3.01. The van der Waals surface area contributed by atoms with Gasteiger partial charge in [-0.05, 0) is 34.1 Å². The third kappa shape index (κ3) is 1.96. The summed E-state index contributed by atoms with van der Waals surface area (Å²) in [6, 6.07) is 13.2. The van der Waals surface area contributed by atoms with Crippen molar-refractivity contribution in [1.82, 2.24) is 4.98 Å². The maximum atomic E-state index is 4.59. The van der Waals surface area contributed by atoms with Gasteiger partial charge in [0.05, 0.1) is 0 Å². The molecule has 2 aliphatic heterocycles. The van der Waals surface area contributed by atoms with Gasteiger partial charge in [0, 0.05) is 47.8 Å². The van der Waals surface area contributed by atoms with Gasteiger partial charge in [-0.3, -0.25) is 4.98 Å². The van der Waals surface area contributed by atoms with Gasteiger partial charge >= 0.3 is 6.71 Å². The Bertz CT molecular complexity index is 1250. The van der Waals surface area contributed by atoms with Gasteiger partial charge in [0.2, 0.25) is 0 Å². The summed E-state index contributed by atoms with van der Waals surface area (Å²) in [7, 11) is 4.38. The van der Waals surface area contributed by atoms with E-state index in [1.54, 1.807) is 0 Å². The van der Waals surface area contributed by atoms with Crippen LogP contribution in [-0.2, 0) is 26.9 Å². The van der Waals surface area contributed by atoms with E-state index in [1.807, 2.05) is 0 Å². The topological polar surface area (TPSA) is 20.6 Å². The van der Waals surface area contributed by atoms with E-state index in [0.29, 0.717) is 0 Å². The summed E-state index contributed by atoms with van der Waals surface area (Å²) >= 11 is 0. The van der Waals surface area contributed by atoms with E-state index in [0.717, 1.165) is 12.8 Å². The van der Waals surface area contributed by atoms with E-state index in [-0.39, 0.29) is 6.71 Å². The van der Waals surface area contributed by atoms with Gasteiger partial charge in [-0.1, -0.05) is 18.2 Å². The fourth-order valence-electron chi connectivity index (χ4n) is 5.31. The highest BCUT2D eigenvalue weighted by molar-refractivity contribution is 6.95. The summed E-state index contributed by atoms with van der Waals surface area (Å²) in [5.41, 5.74) is 9.96. The van der Waals surface area contributed by atoms with Crippen LogP contribution in [0.4, 0.5) is 0 Å². The van der Waals surface area contributed by atoms with Gasteiger partial charge in [-0.25, -0.2) is 9.13 Å². The van der Waals surface area contributed by atoms with Crippen molar-refractivity contribution in [2.45, 2.75) is 12.8 Å². The zero-order chi connectivity index (χ0) is 18.1. The van der Waals surface area contributed by atoms with Gasteiger partial charge in [0.1, 0.15) is 14.1 Å².